The SMILES string of the molecule is CCOC1(S(=O)(=O)NC(=O)[C@@]23C[C@H]2/C=C\CCCCC[C@H](N)C(=O)N2C[C@H](OC(=O)N4Cc5cccc(Cl)c5C4)C[C@H]2C(=O)N3)CC1.Cl. The van der Waals surface area contributed by atoms with E-state index < -0.39 is 68.4 Å². The van der Waals surface area contributed by atoms with Gasteiger partial charge in [0.1, 0.15) is 17.7 Å². The second-order valence-corrected chi connectivity index (χ2v) is 15.6. The molecule has 0 unspecified atom stereocenters. The van der Waals surface area contributed by atoms with Crippen LogP contribution in [0.1, 0.15) is 75.8 Å². The van der Waals surface area contributed by atoms with Crippen molar-refractivity contribution in [3.05, 3.63) is 46.5 Å². The number of hydrogen-bond acceptors (Lipinski definition) is 9. The summed E-state index contributed by atoms with van der Waals surface area (Å²) in [5.41, 5.74) is 6.54. The van der Waals surface area contributed by atoms with E-state index in [-0.39, 0.29) is 57.8 Å². The van der Waals surface area contributed by atoms with E-state index in [4.69, 9.17) is 26.8 Å². The van der Waals surface area contributed by atoms with Crippen LogP contribution in [0.15, 0.2) is 30.4 Å². The molecule has 5 aliphatic rings. The van der Waals surface area contributed by atoms with Gasteiger partial charge in [0.25, 0.3) is 15.9 Å². The Labute approximate surface area is 291 Å². The Morgan fingerprint density at radius 2 is 1.94 bits per heavy atom. The van der Waals surface area contributed by atoms with Crippen LogP contribution in [0.4, 0.5) is 4.79 Å². The highest BCUT2D eigenvalue weighted by molar-refractivity contribution is 7.91. The number of nitrogens with two attached hydrogens (primary N) is 1. The van der Waals surface area contributed by atoms with E-state index in [1.807, 2.05) is 24.3 Å². The number of amides is 4. The molecular weight excluding hydrogens is 685 g/mol. The zero-order chi connectivity index (χ0) is 33.6. The lowest BCUT2D eigenvalue weighted by atomic mass is 10.1. The number of benzene rings is 1. The minimum Gasteiger partial charge on any atom is -0.444 e. The zero-order valence-electron chi connectivity index (χ0n) is 26.8. The highest BCUT2D eigenvalue weighted by atomic mass is 35.5. The van der Waals surface area contributed by atoms with Crippen molar-refractivity contribution in [3.63, 3.8) is 0 Å². The number of allylic oxidation sites excluding steroid dienone is 1. The molecule has 1 saturated heterocycles. The number of carbonyl (C=O) groups is 4. The molecule has 6 rings (SSSR count). The minimum absolute atomic E-state index is 0. The lowest BCUT2D eigenvalue weighted by Crippen LogP contribution is -2.58. The van der Waals surface area contributed by atoms with Crippen LogP contribution in [0.3, 0.4) is 0 Å². The van der Waals surface area contributed by atoms with E-state index in [1.54, 1.807) is 13.0 Å². The van der Waals surface area contributed by atoms with Crippen LogP contribution in [0, 0.1) is 5.92 Å². The fourth-order valence-electron chi connectivity index (χ4n) is 6.95. The van der Waals surface area contributed by atoms with E-state index in [0.717, 1.165) is 36.8 Å². The molecular formula is C32H43Cl2N5O8S. The van der Waals surface area contributed by atoms with Gasteiger partial charge in [-0.25, -0.2) is 17.9 Å². The third kappa shape index (κ3) is 7.05. The summed E-state index contributed by atoms with van der Waals surface area (Å²) in [4.78, 5) is 55.9. The maximum atomic E-state index is 14.0. The molecule has 0 spiro atoms. The number of fused-ring (bicyclic) bond motifs is 3. The molecule has 0 aromatic heterocycles. The quantitative estimate of drug-likeness (QED) is 0.372. The van der Waals surface area contributed by atoms with Crippen molar-refractivity contribution < 1.29 is 37.1 Å². The number of rotatable bonds is 6. The molecule has 3 fully saturated rings. The summed E-state index contributed by atoms with van der Waals surface area (Å²) in [5, 5.41) is 3.37. The highest BCUT2D eigenvalue weighted by Crippen LogP contribution is 2.48. The number of halogens is 2. The molecule has 4 N–H and O–H groups in total. The van der Waals surface area contributed by atoms with Crippen LogP contribution < -0.4 is 15.8 Å². The van der Waals surface area contributed by atoms with E-state index in [9.17, 15) is 27.6 Å². The van der Waals surface area contributed by atoms with Gasteiger partial charge in [0.05, 0.1) is 19.1 Å². The second kappa shape index (κ2) is 14.1. The summed E-state index contributed by atoms with van der Waals surface area (Å²) >= 11 is 6.32. The standard InChI is InChI=1S/C32H42ClN5O8S.ClH/c1-2-45-31(13-14-31)47(43,44)36-29(41)32-16-21(32)10-6-4-3-5-7-12-25(34)28(40)38-18-22(15-26(38)27(39)35-32)46-30(42)37-17-20-9-8-11-24(33)23(20)19-37;/h6,8-11,21-22,25-26H,2-5,7,12-19,34H2,1H3,(H,35,39)(H,36,41);1H/b10-6-;/t21-,22-,25+,26+,32-;/m1./s1. The predicted octanol–water partition coefficient (Wildman–Crippen LogP) is 2.88. The Hall–Kier alpha value is -2.91. The van der Waals surface area contributed by atoms with Crippen molar-refractivity contribution in [2.75, 3.05) is 13.2 Å². The monoisotopic (exact) mass is 727 g/mol. The van der Waals surface area contributed by atoms with Crippen molar-refractivity contribution in [3.8, 4) is 0 Å². The van der Waals surface area contributed by atoms with Crippen LogP contribution in [-0.4, -0.2) is 83.8 Å². The van der Waals surface area contributed by atoms with Crippen molar-refractivity contribution in [1.82, 2.24) is 19.8 Å². The summed E-state index contributed by atoms with van der Waals surface area (Å²) in [7, 11) is -4.19. The third-order valence-corrected chi connectivity index (χ3v) is 12.2. The molecule has 5 atom stereocenters. The Morgan fingerprint density at radius 1 is 1.17 bits per heavy atom. The maximum absolute atomic E-state index is 14.0. The van der Waals surface area contributed by atoms with Crippen molar-refractivity contribution >= 4 is 57.8 Å². The van der Waals surface area contributed by atoms with Gasteiger partial charge in [-0.15, -0.1) is 12.4 Å². The fourth-order valence-corrected chi connectivity index (χ4v) is 8.73. The van der Waals surface area contributed by atoms with Gasteiger partial charge in [0.15, 0.2) is 4.93 Å². The summed E-state index contributed by atoms with van der Waals surface area (Å²) in [5.74, 6) is -2.38. The van der Waals surface area contributed by atoms with Crippen molar-refractivity contribution in [1.29, 1.82) is 0 Å². The molecule has 3 aliphatic heterocycles. The van der Waals surface area contributed by atoms with Gasteiger partial charge in [-0.3, -0.25) is 19.3 Å². The first kappa shape index (κ1) is 36.4. The molecule has 1 aromatic rings. The Balaban J connectivity index is 0.00000451. The van der Waals surface area contributed by atoms with Crippen LogP contribution in [0.2, 0.25) is 5.02 Å². The van der Waals surface area contributed by atoms with Crippen molar-refractivity contribution in [2.45, 2.75) is 106 Å². The molecule has 264 valence electrons. The third-order valence-electron chi connectivity index (χ3n) is 9.92. The van der Waals surface area contributed by atoms with E-state index in [2.05, 4.69) is 10.0 Å². The number of sulfonamides is 1. The first-order chi connectivity index (χ1) is 22.4. The number of nitrogens with zero attached hydrogens (tertiary/aromatic N) is 2. The Morgan fingerprint density at radius 3 is 2.65 bits per heavy atom. The molecule has 0 radical (unpaired) electrons. The number of ether oxygens (including phenoxy) is 2. The van der Waals surface area contributed by atoms with E-state index in [0.29, 0.717) is 18.0 Å². The fraction of sp³-hybridized carbons (Fsp3) is 0.625. The molecule has 3 heterocycles. The van der Waals surface area contributed by atoms with Gasteiger partial charge in [0, 0.05) is 30.5 Å². The van der Waals surface area contributed by atoms with Crippen LogP contribution in [0.5, 0.6) is 0 Å². The van der Waals surface area contributed by atoms with Gasteiger partial charge in [-0.05, 0) is 62.6 Å². The molecule has 48 heavy (non-hydrogen) atoms. The van der Waals surface area contributed by atoms with Crippen LogP contribution >= 0.6 is 24.0 Å². The normalized spacial score (nSPS) is 30.3. The molecule has 1 aromatic carbocycles. The summed E-state index contributed by atoms with van der Waals surface area (Å²) in [6, 6.07) is 3.52. The van der Waals surface area contributed by atoms with Gasteiger partial charge in [-0.2, -0.15) is 0 Å². The number of carbonyl (C=O) groups excluding carboxylic acids is 4. The topological polar surface area (TPSA) is 177 Å². The Bertz CT molecular complexity index is 1590. The molecule has 16 heteroatoms. The average molecular weight is 729 g/mol. The van der Waals surface area contributed by atoms with Gasteiger partial charge >= 0.3 is 6.09 Å². The van der Waals surface area contributed by atoms with E-state index >= 15 is 0 Å². The highest BCUT2D eigenvalue weighted by Gasteiger charge is 2.64. The zero-order valence-corrected chi connectivity index (χ0v) is 29.2. The van der Waals surface area contributed by atoms with Gasteiger partial charge < -0.3 is 25.4 Å². The maximum Gasteiger partial charge on any atom is 0.410 e. The molecule has 13 nitrogen and oxygen atoms in total. The summed E-state index contributed by atoms with van der Waals surface area (Å²) < 4.78 is 39.9. The molecule has 4 amide bonds. The predicted molar refractivity (Wildman–Crippen MR) is 178 cm³/mol. The molecule has 2 aliphatic carbocycles. The van der Waals surface area contributed by atoms with Crippen LogP contribution in [-0.2, 0) is 47.0 Å². The second-order valence-electron chi connectivity index (χ2n) is 13.2. The summed E-state index contributed by atoms with van der Waals surface area (Å²) in [6.07, 6.45) is 6.64. The summed E-state index contributed by atoms with van der Waals surface area (Å²) in [6.45, 7) is 2.39. The first-order valence-corrected chi connectivity index (χ1v) is 18.2. The van der Waals surface area contributed by atoms with Gasteiger partial charge in [-0.1, -0.05) is 48.7 Å². The number of hydrogen-bond donors (Lipinski definition) is 3. The molecule has 2 saturated carbocycles. The largest absolute Gasteiger partial charge is 0.444 e. The Kier molecular flexibility index (Phi) is 10.7. The van der Waals surface area contributed by atoms with E-state index in [1.165, 1.54) is 9.80 Å². The first-order valence-electron chi connectivity index (χ1n) is 16.4. The minimum atomic E-state index is -4.19. The van der Waals surface area contributed by atoms with Crippen LogP contribution in [0.25, 0.3) is 0 Å². The lowest BCUT2D eigenvalue weighted by molar-refractivity contribution is -0.140. The lowest BCUT2D eigenvalue weighted by Gasteiger charge is -2.28. The smallest absolute Gasteiger partial charge is 0.410 e. The van der Waals surface area contributed by atoms with Gasteiger partial charge in [0.2, 0.25) is 11.8 Å². The molecule has 0 bridgehead atoms. The number of nitrogens with one attached hydrogen (secondary N) is 2. The van der Waals surface area contributed by atoms with Crippen molar-refractivity contribution in [2.24, 2.45) is 11.7 Å². The average Bonchev–Trinajstić information content (AvgIpc) is 3.85.